The summed E-state index contributed by atoms with van der Waals surface area (Å²) in [6, 6.07) is 10.3. The van der Waals surface area contributed by atoms with Crippen molar-refractivity contribution >= 4 is 5.91 Å². The minimum absolute atomic E-state index is 0.0183. The highest BCUT2D eigenvalue weighted by atomic mass is 16.2. The fourth-order valence-corrected chi connectivity index (χ4v) is 4.01. The first-order valence-corrected chi connectivity index (χ1v) is 9.43. The van der Waals surface area contributed by atoms with Crippen molar-refractivity contribution in [3.05, 3.63) is 53.3 Å². The molecule has 0 unspecified atom stereocenters. The molecular weight excluding hydrogens is 310 g/mol. The van der Waals surface area contributed by atoms with Crippen LogP contribution in [-0.2, 0) is 17.9 Å². The fraction of sp³-hybridized carbons (Fsp3) is 0.524. The van der Waals surface area contributed by atoms with Crippen molar-refractivity contribution in [3.63, 3.8) is 0 Å². The van der Waals surface area contributed by atoms with Gasteiger partial charge >= 0.3 is 0 Å². The van der Waals surface area contributed by atoms with Crippen molar-refractivity contribution in [2.24, 2.45) is 5.92 Å². The van der Waals surface area contributed by atoms with E-state index in [1.807, 2.05) is 41.8 Å². The Hall–Kier alpha value is -2.10. The first-order chi connectivity index (χ1) is 12.1. The third-order valence-electron chi connectivity index (χ3n) is 5.45. The highest BCUT2D eigenvalue weighted by Crippen LogP contribution is 2.38. The largest absolute Gasteiger partial charge is 0.341 e. The molecule has 0 radical (unpaired) electrons. The zero-order valence-electron chi connectivity index (χ0n) is 15.6. The molecule has 134 valence electrons. The zero-order valence-corrected chi connectivity index (χ0v) is 15.6. The van der Waals surface area contributed by atoms with Gasteiger partial charge in [-0.3, -0.25) is 9.48 Å². The normalized spacial score (nSPS) is 16.1. The Kier molecular flexibility index (Phi) is 5.57. The lowest BCUT2D eigenvalue weighted by Gasteiger charge is -2.28. The number of benzene rings is 1. The molecule has 0 bridgehead atoms. The number of rotatable bonds is 6. The van der Waals surface area contributed by atoms with Crippen LogP contribution < -0.4 is 0 Å². The maximum absolute atomic E-state index is 13.3. The molecule has 2 aromatic rings. The van der Waals surface area contributed by atoms with Crippen molar-refractivity contribution < 1.29 is 4.79 Å². The lowest BCUT2D eigenvalue weighted by molar-refractivity contribution is -0.133. The Bertz CT molecular complexity index is 701. The summed E-state index contributed by atoms with van der Waals surface area (Å²) >= 11 is 0. The summed E-state index contributed by atoms with van der Waals surface area (Å²) in [7, 11) is 1.93. The van der Waals surface area contributed by atoms with Gasteiger partial charge in [0.05, 0.1) is 11.6 Å². The van der Waals surface area contributed by atoms with Crippen LogP contribution in [0, 0.1) is 12.8 Å². The molecule has 1 aromatic heterocycles. The van der Waals surface area contributed by atoms with E-state index < -0.39 is 0 Å². The lowest BCUT2D eigenvalue weighted by atomic mass is 9.83. The van der Waals surface area contributed by atoms with Crippen molar-refractivity contribution in [2.45, 2.75) is 58.5 Å². The molecule has 3 rings (SSSR count). The minimum atomic E-state index is -0.0183. The number of likely N-dealkylation sites (N-methyl/N-ethyl adjacent to an activating group) is 1. The van der Waals surface area contributed by atoms with Crippen molar-refractivity contribution in [1.29, 1.82) is 0 Å². The van der Waals surface area contributed by atoms with Crippen molar-refractivity contribution in [3.8, 4) is 0 Å². The van der Waals surface area contributed by atoms with Gasteiger partial charge < -0.3 is 4.90 Å². The summed E-state index contributed by atoms with van der Waals surface area (Å²) in [4.78, 5) is 15.2. The Balaban J connectivity index is 1.80. The molecule has 0 saturated heterocycles. The van der Waals surface area contributed by atoms with Crippen LogP contribution in [0.1, 0.15) is 55.3 Å². The zero-order chi connectivity index (χ0) is 17.8. The Morgan fingerprint density at radius 3 is 2.56 bits per heavy atom. The van der Waals surface area contributed by atoms with Crippen LogP contribution in [0.5, 0.6) is 0 Å². The number of amides is 1. The van der Waals surface area contributed by atoms with E-state index in [0.29, 0.717) is 12.5 Å². The molecule has 1 heterocycles. The maximum Gasteiger partial charge on any atom is 0.230 e. The maximum atomic E-state index is 13.3. The SMILES string of the molecule is CCn1cc(CN(C)C(=O)[C@@H](c2ccccc2)C2CCCC2)c(C)n1. The topological polar surface area (TPSA) is 38.1 Å². The highest BCUT2D eigenvalue weighted by Gasteiger charge is 2.33. The van der Waals surface area contributed by atoms with E-state index in [1.165, 1.54) is 12.8 Å². The second-order valence-corrected chi connectivity index (χ2v) is 7.22. The quantitative estimate of drug-likeness (QED) is 0.793. The van der Waals surface area contributed by atoms with Crippen LogP contribution in [-0.4, -0.2) is 27.6 Å². The summed E-state index contributed by atoms with van der Waals surface area (Å²) in [5.41, 5.74) is 3.31. The monoisotopic (exact) mass is 339 g/mol. The summed E-state index contributed by atoms with van der Waals surface area (Å²) in [5.74, 6) is 0.689. The standard InChI is InChI=1S/C21H29N3O/c1-4-24-15-19(16(2)22-24)14-23(3)21(25)20(18-12-8-9-13-18)17-10-6-5-7-11-17/h5-7,10-11,15,18,20H,4,8-9,12-14H2,1-3H3/t20-/m0/s1. The van der Waals surface area contributed by atoms with Gasteiger partial charge in [0.1, 0.15) is 0 Å². The van der Waals surface area contributed by atoms with Crippen LogP contribution in [0.25, 0.3) is 0 Å². The molecule has 4 nitrogen and oxygen atoms in total. The molecule has 1 saturated carbocycles. The second-order valence-electron chi connectivity index (χ2n) is 7.22. The summed E-state index contributed by atoms with van der Waals surface area (Å²) in [6.45, 7) is 5.58. The van der Waals surface area contributed by atoms with Crippen LogP contribution in [0.4, 0.5) is 0 Å². The lowest BCUT2D eigenvalue weighted by Crippen LogP contribution is -2.34. The van der Waals surface area contributed by atoms with Gasteiger partial charge in [-0.1, -0.05) is 43.2 Å². The number of aromatic nitrogens is 2. The van der Waals surface area contributed by atoms with Crippen molar-refractivity contribution in [1.82, 2.24) is 14.7 Å². The first kappa shape index (κ1) is 17.7. The van der Waals surface area contributed by atoms with E-state index in [9.17, 15) is 4.79 Å². The van der Waals surface area contributed by atoms with Gasteiger partial charge in [-0.15, -0.1) is 0 Å². The molecule has 0 aliphatic heterocycles. The predicted molar refractivity (Wildman–Crippen MR) is 100 cm³/mol. The van der Waals surface area contributed by atoms with E-state index in [4.69, 9.17) is 0 Å². The number of nitrogens with zero attached hydrogens (tertiary/aromatic N) is 3. The van der Waals surface area contributed by atoms with Gasteiger partial charge in [-0.05, 0) is 38.2 Å². The highest BCUT2D eigenvalue weighted by molar-refractivity contribution is 5.84. The molecule has 1 aliphatic rings. The van der Waals surface area contributed by atoms with Gasteiger partial charge in [0.15, 0.2) is 0 Å². The van der Waals surface area contributed by atoms with Gasteiger partial charge in [-0.2, -0.15) is 5.10 Å². The third kappa shape index (κ3) is 3.94. The number of carbonyl (C=O) groups excluding carboxylic acids is 1. The van der Waals surface area contributed by atoms with E-state index in [1.54, 1.807) is 0 Å². The number of hydrogen-bond donors (Lipinski definition) is 0. The fourth-order valence-electron chi connectivity index (χ4n) is 4.01. The smallest absolute Gasteiger partial charge is 0.230 e. The van der Waals surface area contributed by atoms with Gasteiger partial charge in [0.25, 0.3) is 0 Å². The Morgan fingerprint density at radius 1 is 1.28 bits per heavy atom. The van der Waals surface area contributed by atoms with Crippen LogP contribution >= 0.6 is 0 Å². The van der Waals surface area contributed by atoms with E-state index in [2.05, 4.69) is 30.4 Å². The average molecular weight is 339 g/mol. The minimum Gasteiger partial charge on any atom is -0.341 e. The van der Waals surface area contributed by atoms with Crippen LogP contribution in [0.2, 0.25) is 0 Å². The molecule has 1 aromatic carbocycles. The molecule has 4 heteroatoms. The third-order valence-corrected chi connectivity index (χ3v) is 5.45. The average Bonchev–Trinajstić information content (AvgIpc) is 3.26. The molecule has 1 amide bonds. The molecular formula is C21H29N3O. The van der Waals surface area contributed by atoms with Crippen LogP contribution in [0.3, 0.4) is 0 Å². The van der Waals surface area contributed by atoms with E-state index >= 15 is 0 Å². The van der Waals surface area contributed by atoms with Crippen molar-refractivity contribution in [2.75, 3.05) is 7.05 Å². The summed E-state index contributed by atoms with van der Waals surface area (Å²) < 4.78 is 1.94. The van der Waals surface area contributed by atoms with Gasteiger partial charge in [0.2, 0.25) is 5.91 Å². The van der Waals surface area contributed by atoms with E-state index in [-0.39, 0.29) is 11.8 Å². The number of hydrogen-bond acceptors (Lipinski definition) is 2. The molecule has 25 heavy (non-hydrogen) atoms. The van der Waals surface area contributed by atoms with Gasteiger partial charge in [-0.25, -0.2) is 0 Å². The Morgan fingerprint density at radius 2 is 1.96 bits per heavy atom. The predicted octanol–water partition coefficient (Wildman–Crippen LogP) is 4.14. The number of aryl methyl sites for hydroxylation is 2. The number of carbonyl (C=O) groups is 1. The summed E-state index contributed by atoms with van der Waals surface area (Å²) in [5, 5.41) is 4.50. The van der Waals surface area contributed by atoms with E-state index in [0.717, 1.165) is 36.2 Å². The summed E-state index contributed by atoms with van der Waals surface area (Å²) in [6.07, 6.45) is 6.87. The molecule has 1 fully saturated rings. The molecule has 0 N–H and O–H groups in total. The second kappa shape index (κ2) is 7.85. The first-order valence-electron chi connectivity index (χ1n) is 9.43. The van der Waals surface area contributed by atoms with Crippen LogP contribution in [0.15, 0.2) is 36.5 Å². The molecule has 1 atom stereocenters. The molecule has 0 spiro atoms. The Labute approximate surface area is 150 Å². The molecule has 1 aliphatic carbocycles. The van der Waals surface area contributed by atoms with Gasteiger partial charge in [0, 0.05) is 31.9 Å².